The van der Waals surface area contributed by atoms with E-state index in [9.17, 15) is 9.59 Å². The summed E-state index contributed by atoms with van der Waals surface area (Å²) in [6.45, 7) is 7.65. The van der Waals surface area contributed by atoms with Crippen molar-refractivity contribution in [2.75, 3.05) is 38.0 Å². The van der Waals surface area contributed by atoms with Gasteiger partial charge in [-0.3, -0.25) is 15.0 Å². The fourth-order valence-electron chi connectivity index (χ4n) is 2.22. The van der Waals surface area contributed by atoms with Crippen LogP contribution in [-0.4, -0.2) is 49.6 Å². The molecule has 0 bridgehead atoms. The molecule has 0 spiro atoms. The fraction of sp³-hybridized carbons (Fsp3) is 0.467. The number of aryl methyl sites for hydroxylation is 2. The van der Waals surface area contributed by atoms with Crippen molar-refractivity contribution in [3.63, 3.8) is 0 Å². The Morgan fingerprint density at radius 1 is 1.13 bits per heavy atom. The van der Waals surface area contributed by atoms with E-state index >= 15 is 0 Å². The summed E-state index contributed by atoms with van der Waals surface area (Å²) in [7, 11) is 0. The Morgan fingerprint density at radius 3 is 2.39 bits per heavy atom. The minimum Gasteiger partial charge on any atom is -0.314 e. The Balaban J connectivity index is 0.00000242. The van der Waals surface area contributed by atoms with Gasteiger partial charge in [0.05, 0.1) is 6.54 Å². The maximum atomic E-state index is 11.8. The van der Waals surface area contributed by atoms with Gasteiger partial charge in [0.2, 0.25) is 5.91 Å². The Bertz CT molecular complexity index is 534. The number of rotatable bonds is 3. The normalized spacial score (nSPS) is 14.2. The quantitative estimate of drug-likeness (QED) is 0.764. The minimum atomic E-state index is -0.488. The summed E-state index contributed by atoms with van der Waals surface area (Å²) in [6.07, 6.45) is 0. The van der Waals surface area contributed by atoms with E-state index in [2.05, 4.69) is 16.0 Å². The maximum Gasteiger partial charge on any atom is 0.325 e. The molecule has 23 heavy (non-hydrogen) atoms. The van der Waals surface area contributed by atoms with Crippen molar-refractivity contribution in [2.24, 2.45) is 0 Å². The van der Waals surface area contributed by atoms with Crippen molar-refractivity contribution in [1.82, 2.24) is 15.5 Å². The van der Waals surface area contributed by atoms with Crippen molar-refractivity contribution in [1.29, 1.82) is 0 Å². The number of piperazine rings is 1. The third-order valence-corrected chi connectivity index (χ3v) is 3.59. The standard InChI is InChI=1S/C15H22N4O2.2ClH/c1-11-3-4-13(9-12(11)2)17-15(21)18-14(20)10-19-7-5-16-6-8-19;;/h3-4,9,16H,5-8,10H2,1-2H3,(H2,17,18,20,21);2*1H. The second-order valence-corrected chi connectivity index (χ2v) is 5.33. The van der Waals surface area contributed by atoms with Crippen molar-refractivity contribution in [3.8, 4) is 0 Å². The first-order valence-corrected chi connectivity index (χ1v) is 7.16. The van der Waals surface area contributed by atoms with Crippen LogP contribution in [0.15, 0.2) is 18.2 Å². The number of benzene rings is 1. The fourth-order valence-corrected chi connectivity index (χ4v) is 2.22. The van der Waals surface area contributed by atoms with Crippen LogP contribution < -0.4 is 16.0 Å². The Hall–Kier alpha value is -1.34. The summed E-state index contributed by atoms with van der Waals surface area (Å²) >= 11 is 0. The van der Waals surface area contributed by atoms with E-state index in [1.165, 1.54) is 0 Å². The van der Waals surface area contributed by atoms with Crippen LogP contribution in [0.5, 0.6) is 0 Å². The molecule has 6 nitrogen and oxygen atoms in total. The monoisotopic (exact) mass is 362 g/mol. The van der Waals surface area contributed by atoms with E-state index in [-0.39, 0.29) is 37.3 Å². The number of amides is 3. The molecule has 0 saturated carbocycles. The van der Waals surface area contributed by atoms with Gasteiger partial charge in [0.25, 0.3) is 0 Å². The average molecular weight is 363 g/mol. The SMILES string of the molecule is Cc1ccc(NC(=O)NC(=O)CN2CCNCC2)cc1C.Cl.Cl. The molecular weight excluding hydrogens is 339 g/mol. The van der Waals surface area contributed by atoms with Gasteiger partial charge in [-0.2, -0.15) is 0 Å². The van der Waals surface area contributed by atoms with E-state index in [0.717, 1.165) is 37.3 Å². The first kappa shape index (κ1) is 21.7. The van der Waals surface area contributed by atoms with Gasteiger partial charge in [-0.25, -0.2) is 4.79 Å². The molecule has 0 atom stereocenters. The van der Waals surface area contributed by atoms with E-state index in [1.807, 2.05) is 36.9 Å². The lowest BCUT2D eigenvalue weighted by Gasteiger charge is -2.26. The second kappa shape index (κ2) is 10.4. The van der Waals surface area contributed by atoms with E-state index in [4.69, 9.17) is 0 Å². The summed E-state index contributed by atoms with van der Waals surface area (Å²) in [6, 6.07) is 5.16. The largest absolute Gasteiger partial charge is 0.325 e. The number of hydrogen-bond donors (Lipinski definition) is 3. The molecule has 0 aromatic heterocycles. The highest BCUT2D eigenvalue weighted by molar-refractivity contribution is 6.01. The Morgan fingerprint density at radius 2 is 1.78 bits per heavy atom. The molecule has 1 aromatic rings. The molecule has 1 aliphatic heterocycles. The maximum absolute atomic E-state index is 11.8. The zero-order chi connectivity index (χ0) is 15.2. The summed E-state index contributed by atoms with van der Waals surface area (Å²) < 4.78 is 0. The van der Waals surface area contributed by atoms with Crippen molar-refractivity contribution < 1.29 is 9.59 Å². The molecule has 0 unspecified atom stereocenters. The minimum absolute atomic E-state index is 0. The van der Waals surface area contributed by atoms with Gasteiger partial charge in [-0.15, -0.1) is 24.8 Å². The van der Waals surface area contributed by atoms with E-state index < -0.39 is 6.03 Å². The lowest BCUT2D eigenvalue weighted by Crippen LogP contribution is -2.48. The summed E-state index contributed by atoms with van der Waals surface area (Å²) in [4.78, 5) is 25.6. The number of nitrogens with one attached hydrogen (secondary N) is 3. The van der Waals surface area contributed by atoms with Gasteiger partial charge in [0.15, 0.2) is 0 Å². The summed E-state index contributed by atoms with van der Waals surface area (Å²) in [5, 5.41) is 8.25. The molecule has 1 aliphatic rings. The number of carbonyl (C=O) groups is 2. The van der Waals surface area contributed by atoms with Crippen molar-refractivity contribution in [3.05, 3.63) is 29.3 Å². The topological polar surface area (TPSA) is 73.5 Å². The number of imide groups is 1. The molecule has 1 heterocycles. The molecule has 3 amide bonds. The molecule has 2 rings (SSSR count). The van der Waals surface area contributed by atoms with Crippen molar-refractivity contribution >= 4 is 42.4 Å². The predicted molar refractivity (Wildman–Crippen MR) is 96.9 cm³/mol. The lowest BCUT2D eigenvalue weighted by molar-refractivity contribution is -0.121. The van der Waals surface area contributed by atoms with Crippen LogP contribution in [0.25, 0.3) is 0 Å². The highest BCUT2D eigenvalue weighted by Crippen LogP contribution is 2.13. The molecule has 3 N–H and O–H groups in total. The second-order valence-electron chi connectivity index (χ2n) is 5.33. The molecule has 8 heteroatoms. The van der Waals surface area contributed by atoms with Crippen LogP contribution >= 0.6 is 24.8 Å². The number of carbonyl (C=O) groups excluding carboxylic acids is 2. The highest BCUT2D eigenvalue weighted by Gasteiger charge is 2.15. The number of hydrogen-bond acceptors (Lipinski definition) is 4. The number of nitrogens with zero attached hydrogens (tertiary/aromatic N) is 1. The van der Waals surface area contributed by atoms with Gasteiger partial charge in [-0.1, -0.05) is 6.07 Å². The predicted octanol–water partition coefficient (Wildman–Crippen LogP) is 1.70. The summed E-state index contributed by atoms with van der Waals surface area (Å²) in [5.74, 6) is -0.279. The van der Waals surface area contributed by atoms with E-state index in [0.29, 0.717) is 5.69 Å². The molecule has 1 aromatic carbocycles. The molecule has 130 valence electrons. The van der Waals surface area contributed by atoms with Gasteiger partial charge < -0.3 is 10.6 Å². The van der Waals surface area contributed by atoms with Crippen LogP contribution in [0.2, 0.25) is 0 Å². The van der Waals surface area contributed by atoms with Gasteiger partial charge in [0.1, 0.15) is 0 Å². The smallest absolute Gasteiger partial charge is 0.314 e. The van der Waals surface area contributed by atoms with Gasteiger partial charge >= 0.3 is 6.03 Å². The van der Waals surface area contributed by atoms with Crippen LogP contribution in [0.1, 0.15) is 11.1 Å². The zero-order valence-corrected chi connectivity index (χ0v) is 15.0. The zero-order valence-electron chi connectivity index (χ0n) is 13.3. The first-order chi connectivity index (χ1) is 10.0. The van der Waals surface area contributed by atoms with Crippen LogP contribution in [-0.2, 0) is 4.79 Å². The molecular formula is C15H24Cl2N4O2. The van der Waals surface area contributed by atoms with Crippen LogP contribution in [0.3, 0.4) is 0 Å². The third-order valence-electron chi connectivity index (χ3n) is 3.59. The molecule has 1 saturated heterocycles. The Kier molecular flexibility index (Phi) is 9.83. The lowest BCUT2D eigenvalue weighted by atomic mass is 10.1. The molecule has 0 radical (unpaired) electrons. The van der Waals surface area contributed by atoms with Crippen LogP contribution in [0.4, 0.5) is 10.5 Å². The van der Waals surface area contributed by atoms with Crippen LogP contribution in [0, 0.1) is 13.8 Å². The third kappa shape index (κ3) is 7.18. The van der Waals surface area contributed by atoms with E-state index in [1.54, 1.807) is 0 Å². The number of halogens is 2. The molecule has 0 aliphatic carbocycles. The number of urea groups is 1. The number of anilines is 1. The first-order valence-electron chi connectivity index (χ1n) is 7.16. The summed E-state index contributed by atoms with van der Waals surface area (Å²) in [5.41, 5.74) is 2.95. The highest BCUT2D eigenvalue weighted by atomic mass is 35.5. The van der Waals surface area contributed by atoms with Gasteiger partial charge in [-0.05, 0) is 37.1 Å². The Labute approximate surface area is 149 Å². The molecule has 1 fully saturated rings. The average Bonchev–Trinajstić information content (AvgIpc) is 2.43. The van der Waals surface area contributed by atoms with Crippen molar-refractivity contribution in [2.45, 2.75) is 13.8 Å². The van der Waals surface area contributed by atoms with Gasteiger partial charge in [0, 0.05) is 31.9 Å².